The minimum absolute atomic E-state index is 0.123. The standard InChI is InChI=1S/C17H20N2O2S/c1-10(13-8-11-4-5-12(13)7-11)18-17(20)14-9-15(21-19-14)16-3-2-6-22-16/h2-3,6,9-13H,4-5,7-8H2,1H3,(H,18,20). The van der Waals surface area contributed by atoms with E-state index in [1.807, 2.05) is 17.5 Å². The number of aromatic nitrogens is 1. The van der Waals surface area contributed by atoms with Crippen molar-refractivity contribution >= 4 is 17.2 Å². The monoisotopic (exact) mass is 316 g/mol. The Balaban J connectivity index is 1.42. The summed E-state index contributed by atoms with van der Waals surface area (Å²) in [5.74, 6) is 2.87. The van der Waals surface area contributed by atoms with Crippen LogP contribution in [0.3, 0.4) is 0 Å². The summed E-state index contributed by atoms with van der Waals surface area (Å²) < 4.78 is 5.29. The molecule has 2 saturated carbocycles. The number of nitrogens with one attached hydrogen (secondary N) is 1. The van der Waals surface area contributed by atoms with E-state index < -0.39 is 0 Å². The minimum Gasteiger partial charge on any atom is -0.355 e. The van der Waals surface area contributed by atoms with Gasteiger partial charge in [-0.05, 0) is 55.4 Å². The third-order valence-corrected chi connectivity index (χ3v) is 6.19. The molecule has 116 valence electrons. The van der Waals surface area contributed by atoms with Crippen molar-refractivity contribution in [2.24, 2.45) is 17.8 Å². The van der Waals surface area contributed by atoms with Gasteiger partial charge in [0.1, 0.15) is 0 Å². The molecule has 4 rings (SSSR count). The van der Waals surface area contributed by atoms with Crippen LogP contribution in [-0.2, 0) is 0 Å². The summed E-state index contributed by atoms with van der Waals surface area (Å²) in [5, 5.41) is 9.02. The van der Waals surface area contributed by atoms with Gasteiger partial charge in [-0.2, -0.15) is 0 Å². The van der Waals surface area contributed by atoms with Gasteiger partial charge in [0.15, 0.2) is 11.5 Å². The Hall–Kier alpha value is -1.62. The van der Waals surface area contributed by atoms with Crippen LogP contribution < -0.4 is 5.32 Å². The number of rotatable bonds is 4. The highest BCUT2D eigenvalue weighted by molar-refractivity contribution is 7.13. The molecule has 0 aliphatic heterocycles. The molecule has 2 fully saturated rings. The molecule has 2 bridgehead atoms. The van der Waals surface area contributed by atoms with Crippen molar-refractivity contribution in [1.82, 2.24) is 10.5 Å². The smallest absolute Gasteiger partial charge is 0.273 e. The third kappa shape index (κ3) is 2.47. The van der Waals surface area contributed by atoms with Crippen LogP contribution in [0.15, 0.2) is 28.1 Å². The Morgan fingerprint density at radius 1 is 1.45 bits per heavy atom. The molecule has 0 radical (unpaired) electrons. The lowest BCUT2D eigenvalue weighted by molar-refractivity contribution is 0.0906. The van der Waals surface area contributed by atoms with Crippen LogP contribution in [0.2, 0.25) is 0 Å². The van der Waals surface area contributed by atoms with Crippen LogP contribution in [-0.4, -0.2) is 17.1 Å². The number of thiophene rings is 1. The molecule has 2 aromatic heterocycles. The quantitative estimate of drug-likeness (QED) is 0.929. The summed E-state index contributed by atoms with van der Waals surface area (Å²) >= 11 is 1.58. The van der Waals surface area contributed by atoms with E-state index in [0.717, 1.165) is 16.7 Å². The van der Waals surface area contributed by atoms with Crippen LogP contribution in [0.4, 0.5) is 0 Å². The minimum atomic E-state index is -0.123. The highest BCUT2D eigenvalue weighted by Crippen LogP contribution is 2.49. The maximum absolute atomic E-state index is 12.4. The van der Waals surface area contributed by atoms with Gasteiger partial charge in [-0.1, -0.05) is 17.6 Å². The van der Waals surface area contributed by atoms with Gasteiger partial charge < -0.3 is 9.84 Å². The molecular weight excluding hydrogens is 296 g/mol. The van der Waals surface area contributed by atoms with E-state index in [1.54, 1.807) is 17.4 Å². The molecule has 2 aliphatic carbocycles. The van der Waals surface area contributed by atoms with Crippen molar-refractivity contribution < 1.29 is 9.32 Å². The van der Waals surface area contributed by atoms with Crippen molar-refractivity contribution in [3.63, 3.8) is 0 Å². The van der Waals surface area contributed by atoms with Crippen molar-refractivity contribution in [1.29, 1.82) is 0 Å². The molecule has 2 aromatic rings. The zero-order chi connectivity index (χ0) is 15.1. The number of amides is 1. The largest absolute Gasteiger partial charge is 0.355 e. The summed E-state index contributed by atoms with van der Waals surface area (Å²) in [7, 11) is 0. The fourth-order valence-corrected chi connectivity index (χ4v) is 4.88. The first kappa shape index (κ1) is 14.0. The van der Waals surface area contributed by atoms with E-state index in [0.29, 0.717) is 17.4 Å². The molecule has 0 spiro atoms. The summed E-state index contributed by atoms with van der Waals surface area (Å²) in [5.41, 5.74) is 0.374. The molecule has 22 heavy (non-hydrogen) atoms. The average molecular weight is 316 g/mol. The summed E-state index contributed by atoms with van der Waals surface area (Å²) in [6.45, 7) is 2.13. The predicted octanol–water partition coefficient (Wildman–Crippen LogP) is 3.96. The Bertz CT molecular complexity index is 664. The van der Waals surface area contributed by atoms with E-state index in [1.165, 1.54) is 25.7 Å². The summed E-state index contributed by atoms with van der Waals surface area (Å²) in [4.78, 5) is 13.4. The zero-order valence-electron chi connectivity index (χ0n) is 12.6. The molecule has 4 unspecified atom stereocenters. The first-order chi connectivity index (χ1) is 10.7. The van der Waals surface area contributed by atoms with Gasteiger partial charge >= 0.3 is 0 Å². The second-order valence-electron chi connectivity index (χ2n) is 6.65. The lowest BCUT2D eigenvalue weighted by Crippen LogP contribution is -2.40. The van der Waals surface area contributed by atoms with Gasteiger partial charge in [-0.25, -0.2) is 0 Å². The number of hydrogen-bond acceptors (Lipinski definition) is 4. The van der Waals surface area contributed by atoms with Crippen LogP contribution >= 0.6 is 11.3 Å². The Kier molecular flexibility index (Phi) is 3.53. The molecule has 0 aromatic carbocycles. The predicted molar refractivity (Wildman–Crippen MR) is 85.7 cm³/mol. The lowest BCUT2D eigenvalue weighted by Gasteiger charge is -2.28. The first-order valence-corrected chi connectivity index (χ1v) is 8.90. The first-order valence-electron chi connectivity index (χ1n) is 8.02. The molecule has 0 saturated heterocycles. The van der Waals surface area contributed by atoms with E-state index in [-0.39, 0.29) is 11.9 Å². The second-order valence-corrected chi connectivity index (χ2v) is 7.60. The molecule has 4 nitrogen and oxygen atoms in total. The molecule has 1 amide bonds. The highest BCUT2D eigenvalue weighted by atomic mass is 32.1. The number of fused-ring (bicyclic) bond motifs is 2. The van der Waals surface area contributed by atoms with Crippen molar-refractivity contribution in [3.8, 4) is 10.6 Å². The Labute approximate surface area is 133 Å². The zero-order valence-corrected chi connectivity index (χ0v) is 13.4. The van der Waals surface area contributed by atoms with Crippen LogP contribution in [0.1, 0.15) is 43.1 Å². The number of hydrogen-bond donors (Lipinski definition) is 1. The van der Waals surface area contributed by atoms with Crippen molar-refractivity contribution in [2.45, 2.75) is 38.6 Å². The van der Waals surface area contributed by atoms with Gasteiger partial charge in [0, 0.05) is 12.1 Å². The SMILES string of the molecule is CC(NC(=O)c1cc(-c2cccs2)on1)C1CC2CCC1C2. The second kappa shape index (κ2) is 5.54. The Morgan fingerprint density at radius 2 is 2.36 bits per heavy atom. The normalized spacial score (nSPS) is 28.0. The summed E-state index contributed by atoms with van der Waals surface area (Å²) in [6, 6.07) is 5.86. The van der Waals surface area contributed by atoms with Gasteiger partial charge in [-0.3, -0.25) is 4.79 Å². The van der Waals surface area contributed by atoms with Gasteiger partial charge in [0.25, 0.3) is 5.91 Å². The maximum atomic E-state index is 12.4. The third-order valence-electron chi connectivity index (χ3n) is 5.30. The fraction of sp³-hybridized carbons (Fsp3) is 0.529. The molecule has 5 heteroatoms. The number of carbonyl (C=O) groups is 1. The molecule has 4 atom stereocenters. The van der Waals surface area contributed by atoms with E-state index in [4.69, 9.17) is 4.52 Å². The topological polar surface area (TPSA) is 55.1 Å². The van der Waals surface area contributed by atoms with E-state index in [2.05, 4.69) is 17.4 Å². The maximum Gasteiger partial charge on any atom is 0.273 e. The van der Waals surface area contributed by atoms with Crippen LogP contribution in [0.25, 0.3) is 10.6 Å². The molecule has 2 heterocycles. The van der Waals surface area contributed by atoms with Gasteiger partial charge in [0.2, 0.25) is 0 Å². The molecule has 1 N–H and O–H groups in total. The van der Waals surface area contributed by atoms with E-state index >= 15 is 0 Å². The lowest BCUT2D eigenvalue weighted by atomic mass is 9.84. The summed E-state index contributed by atoms with van der Waals surface area (Å²) in [6.07, 6.45) is 5.35. The van der Waals surface area contributed by atoms with Gasteiger partial charge in [0.05, 0.1) is 4.88 Å². The highest BCUT2D eigenvalue weighted by Gasteiger charge is 2.42. The van der Waals surface area contributed by atoms with Crippen LogP contribution in [0.5, 0.6) is 0 Å². The molecule has 2 aliphatic rings. The number of carbonyl (C=O) groups excluding carboxylic acids is 1. The molecular formula is C17H20N2O2S. The van der Waals surface area contributed by atoms with Crippen molar-refractivity contribution in [3.05, 3.63) is 29.3 Å². The number of nitrogens with zero attached hydrogens (tertiary/aromatic N) is 1. The van der Waals surface area contributed by atoms with Crippen molar-refractivity contribution in [2.75, 3.05) is 0 Å². The van der Waals surface area contributed by atoms with Gasteiger partial charge in [-0.15, -0.1) is 11.3 Å². The fourth-order valence-electron chi connectivity index (χ4n) is 4.21. The van der Waals surface area contributed by atoms with Crippen LogP contribution in [0, 0.1) is 17.8 Å². The van der Waals surface area contributed by atoms with E-state index in [9.17, 15) is 4.79 Å². The average Bonchev–Trinajstić information content (AvgIpc) is 3.29. The Morgan fingerprint density at radius 3 is 3.05 bits per heavy atom.